The van der Waals surface area contributed by atoms with Crippen molar-refractivity contribution in [3.05, 3.63) is 145 Å². The van der Waals surface area contributed by atoms with Crippen molar-refractivity contribution in [3.8, 4) is 33.4 Å². The van der Waals surface area contributed by atoms with Gasteiger partial charge in [0.1, 0.15) is 0 Å². The van der Waals surface area contributed by atoms with E-state index < -0.39 is 0 Å². The molecule has 1 aromatic heterocycles. The van der Waals surface area contributed by atoms with E-state index in [1.54, 1.807) is 0 Å². The van der Waals surface area contributed by atoms with Crippen LogP contribution < -0.4 is 0 Å². The zero-order chi connectivity index (χ0) is 28.0. The Bertz CT molecular complexity index is 2380. The van der Waals surface area contributed by atoms with Crippen molar-refractivity contribution in [2.24, 2.45) is 0 Å². The topological polar surface area (TPSA) is 0 Å². The molecule has 0 saturated carbocycles. The van der Waals surface area contributed by atoms with Crippen LogP contribution in [0.1, 0.15) is 25.0 Å². The van der Waals surface area contributed by atoms with Gasteiger partial charge >= 0.3 is 0 Å². The van der Waals surface area contributed by atoms with Crippen LogP contribution in [0.5, 0.6) is 0 Å². The lowest BCUT2D eigenvalue weighted by atomic mass is 9.81. The van der Waals surface area contributed by atoms with Crippen LogP contribution in [0, 0.1) is 0 Å². The fourth-order valence-corrected chi connectivity index (χ4v) is 8.52. The Hall–Kier alpha value is -4.72. The van der Waals surface area contributed by atoms with E-state index in [0.29, 0.717) is 0 Å². The minimum atomic E-state index is 0.00681. The number of benzene rings is 7. The van der Waals surface area contributed by atoms with Gasteiger partial charge in [0, 0.05) is 25.6 Å². The number of rotatable bonds is 2. The summed E-state index contributed by atoms with van der Waals surface area (Å²) in [5.41, 5.74) is 10.7. The third-order valence-corrected chi connectivity index (χ3v) is 10.7. The molecule has 0 spiro atoms. The Morgan fingerprint density at radius 2 is 1.05 bits per heavy atom. The first-order chi connectivity index (χ1) is 20.6. The molecule has 0 amide bonds. The van der Waals surface area contributed by atoms with Gasteiger partial charge in [-0.1, -0.05) is 123 Å². The average Bonchev–Trinajstić information content (AvgIpc) is 3.53. The molecule has 1 aliphatic rings. The van der Waals surface area contributed by atoms with Crippen molar-refractivity contribution in [1.29, 1.82) is 0 Å². The second-order valence-corrected chi connectivity index (χ2v) is 13.2. The van der Waals surface area contributed by atoms with Crippen LogP contribution in [-0.4, -0.2) is 0 Å². The summed E-state index contributed by atoms with van der Waals surface area (Å²) in [6.45, 7) is 4.70. The van der Waals surface area contributed by atoms with Crippen molar-refractivity contribution in [2.45, 2.75) is 19.3 Å². The maximum absolute atomic E-state index is 2.42. The molecular formula is C41H28S. The molecule has 0 radical (unpaired) electrons. The lowest BCUT2D eigenvalue weighted by molar-refractivity contribution is 0.660. The molecule has 0 aliphatic heterocycles. The fraction of sp³-hybridized carbons (Fsp3) is 0.0732. The standard InChI is InChI=1S/C41H28S/c1-41(2)37-12-5-3-8-33(37)34-21-17-26(24-38(34)41)25-16-19-30-27(22-25)14-15-28-23-29(18-20-31(28)30)32-10-7-11-36-35-9-4-6-13-39(35)42-40(32)36/h3-24H,1-2H3. The van der Waals surface area contributed by atoms with Gasteiger partial charge in [-0.25, -0.2) is 0 Å². The molecule has 8 aromatic rings. The maximum atomic E-state index is 2.42. The summed E-state index contributed by atoms with van der Waals surface area (Å²) < 4.78 is 2.71. The van der Waals surface area contributed by atoms with Crippen molar-refractivity contribution in [1.82, 2.24) is 0 Å². The van der Waals surface area contributed by atoms with Crippen LogP contribution in [0.25, 0.3) is 75.1 Å². The first-order valence-electron chi connectivity index (χ1n) is 14.7. The molecule has 1 heterocycles. The third kappa shape index (κ3) is 3.35. The van der Waals surface area contributed by atoms with Gasteiger partial charge in [-0.3, -0.25) is 0 Å². The summed E-state index contributed by atoms with van der Waals surface area (Å²) in [6, 6.07) is 49.9. The number of hydrogen-bond acceptors (Lipinski definition) is 1. The molecule has 0 saturated heterocycles. The van der Waals surface area contributed by atoms with E-state index in [4.69, 9.17) is 0 Å². The van der Waals surface area contributed by atoms with Gasteiger partial charge in [0.25, 0.3) is 0 Å². The zero-order valence-corrected chi connectivity index (χ0v) is 24.4. The van der Waals surface area contributed by atoms with E-state index in [9.17, 15) is 0 Å². The van der Waals surface area contributed by atoms with Gasteiger partial charge in [-0.2, -0.15) is 0 Å². The Labute approximate surface area is 249 Å². The Morgan fingerprint density at radius 1 is 0.429 bits per heavy atom. The molecular weight excluding hydrogens is 525 g/mol. The van der Waals surface area contributed by atoms with Gasteiger partial charge in [0.05, 0.1) is 0 Å². The largest absolute Gasteiger partial charge is 0.135 e. The van der Waals surface area contributed by atoms with Crippen LogP contribution in [-0.2, 0) is 5.41 Å². The number of fused-ring (bicyclic) bond motifs is 9. The van der Waals surface area contributed by atoms with E-state index in [2.05, 4.69) is 147 Å². The fourth-order valence-electron chi connectivity index (χ4n) is 7.28. The van der Waals surface area contributed by atoms with Gasteiger partial charge in [0.15, 0.2) is 0 Å². The van der Waals surface area contributed by atoms with E-state index in [-0.39, 0.29) is 5.41 Å². The van der Waals surface area contributed by atoms with Crippen LogP contribution >= 0.6 is 11.3 Å². The number of thiophene rings is 1. The zero-order valence-electron chi connectivity index (χ0n) is 23.6. The molecule has 1 heteroatoms. The van der Waals surface area contributed by atoms with Gasteiger partial charge in [-0.05, 0) is 90.3 Å². The molecule has 198 valence electrons. The maximum Gasteiger partial charge on any atom is 0.0433 e. The molecule has 0 atom stereocenters. The van der Waals surface area contributed by atoms with Crippen molar-refractivity contribution < 1.29 is 0 Å². The minimum absolute atomic E-state index is 0.00681. The molecule has 0 nitrogen and oxygen atoms in total. The first-order valence-corrected chi connectivity index (χ1v) is 15.5. The summed E-state index contributed by atoms with van der Waals surface area (Å²) in [7, 11) is 0. The van der Waals surface area contributed by atoms with Gasteiger partial charge in [0.2, 0.25) is 0 Å². The van der Waals surface area contributed by atoms with E-state index in [1.807, 2.05) is 11.3 Å². The second kappa shape index (κ2) is 8.64. The van der Waals surface area contributed by atoms with Crippen LogP contribution in [0.2, 0.25) is 0 Å². The molecule has 7 aromatic carbocycles. The molecule has 0 fully saturated rings. The monoisotopic (exact) mass is 552 g/mol. The first kappa shape index (κ1) is 23.9. The van der Waals surface area contributed by atoms with Crippen LogP contribution in [0.15, 0.2) is 133 Å². The predicted octanol–water partition coefficient (Wildman–Crippen LogP) is 12.0. The second-order valence-electron chi connectivity index (χ2n) is 12.1. The highest BCUT2D eigenvalue weighted by Crippen LogP contribution is 2.49. The Morgan fingerprint density at radius 3 is 1.90 bits per heavy atom. The average molecular weight is 553 g/mol. The number of hydrogen-bond donors (Lipinski definition) is 0. The van der Waals surface area contributed by atoms with Crippen LogP contribution in [0.4, 0.5) is 0 Å². The molecule has 1 aliphatic carbocycles. The molecule has 42 heavy (non-hydrogen) atoms. The van der Waals surface area contributed by atoms with Crippen LogP contribution in [0.3, 0.4) is 0 Å². The molecule has 0 bridgehead atoms. The van der Waals surface area contributed by atoms with Gasteiger partial charge in [-0.15, -0.1) is 11.3 Å². The van der Waals surface area contributed by atoms with Crippen molar-refractivity contribution in [2.75, 3.05) is 0 Å². The molecule has 0 unspecified atom stereocenters. The lowest BCUT2D eigenvalue weighted by Gasteiger charge is -2.22. The summed E-state index contributed by atoms with van der Waals surface area (Å²) in [5.74, 6) is 0. The minimum Gasteiger partial charge on any atom is -0.135 e. The smallest absolute Gasteiger partial charge is 0.0433 e. The predicted molar refractivity (Wildman–Crippen MR) is 183 cm³/mol. The quantitative estimate of drug-likeness (QED) is 0.187. The normalized spacial score (nSPS) is 13.7. The van der Waals surface area contributed by atoms with E-state index >= 15 is 0 Å². The third-order valence-electron chi connectivity index (χ3n) is 9.47. The van der Waals surface area contributed by atoms with Crippen molar-refractivity contribution >= 4 is 53.1 Å². The van der Waals surface area contributed by atoms with Gasteiger partial charge < -0.3 is 0 Å². The van der Waals surface area contributed by atoms with E-state index in [0.717, 1.165) is 0 Å². The lowest BCUT2D eigenvalue weighted by Crippen LogP contribution is -2.14. The highest BCUT2D eigenvalue weighted by Gasteiger charge is 2.35. The highest BCUT2D eigenvalue weighted by atomic mass is 32.1. The summed E-state index contributed by atoms with van der Waals surface area (Å²) in [5, 5.41) is 7.86. The SMILES string of the molecule is CC1(C)c2ccccc2-c2ccc(-c3ccc4c(ccc5cc(-c6cccc7c6sc6ccccc67)ccc54)c3)cc21. The van der Waals surface area contributed by atoms with Crippen molar-refractivity contribution in [3.63, 3.8) is 0 Å². The Balaban J connectivity index is 1.13. The summed E-state index contributed by atoms with van der Waals surface area (Å²) in [4.78, 5) is 0. The summed E-state index contributed by atoms with van der Waals surface area (Å²) in [6.07, 6.45) is 0. The highest BCUT2D eigenvalue weighted by molar-refractivity contribution is 7.26. The molecule has 0 N–H and O–H groups in total. The molecule has 9 rings (SSSR count). The Kier molecular flexibility index (Phi) is 4.93. The van der Waals surface area contributed by atoms with E-state index in [1.165, 1.54) is 86.2 Å². The summed E-state index contributed by atoms with van der Waals surface area (Å²) >= 11 is 1.89.